The Bertz CT molecular complexity index is 138. The molecular formula is C7H13NO2. The Morgan fingerprint density at radius 1 is 1.90 bits per heavy atom. The maximum Gasteiger partial charge on any atom is 0.136 e. The van der Waals surface area contributed by atoms with Gasteiger partial charge in [0.1, 0.15) is 6.29 Å². The van der Waals surface area contributed by atoms with Crippen molar-refractivity contribution in [1.29, 1.82) is 0 Å². The minimum atomic E-state index is -0.217. The first kappa shape index (κ1) is 7.69. The van der Waals surface area contributed by atoms with Crippen LogP contribution in [0.2, 0.25) is 0 Å². The first-order valence-corrected chi connectivity index (χ1v) is 3.54. The summed E-state index contributed by atoms with van der Waals surface area (Å²) in [5, 5.41) is 11.9. The maximum atomic E-state index is 10.3. The van der Waals surface area contributed by atoms with E-state index in [1.807, 2.05) is 6.92 Å². The predicted molar refractivity (Wildman–Crippen MR) is 37.7 cm³/mol. The van der Waals surface area contributed by atoms with Crippen molar-refractivity contribution >= 4 is 6.29 Å². The number of aldehydes is 1. The molecule has 0 radical (unpaired) electrons. The van der Waals surface area contributed by atoms with E-state index in [9.17, 15) is 4.79 Å². The second-order valence-electron chi connectivity index (χ2n) is 3.14. The van der Waals surface area contributed by atoms with Gasteiger partial charge in [-0.2, -0.15) is 0 Å². The van der Waals surface area contributed by atoms with Gasteiger partial charge in [0.05, 0.1) is 12.6 Å². The van der Waals surface area contributed by atoms with E-state index < -0.39 is 0 Å². The lowest BCUT2D eigenvalue weighted by Gasteiger charge is -2.21. The van der Waals surface area contributed by atoms with Gasteiger partial charge in [0, 0.05) is 5.54 Å². The summed E-state index contributed by atoms with van der Waals surface area (Å²) in [5.41, 5.74) is -0.217. The molecule has 1 aliphatic rings. The molecule has 0 aliphatic carbocycles. The van der Waals surface area contributed by atoms with Crippen LogP contribution in [0.25, 0.3) is 0 Å². The van der Waals surface area contributed by atoms with Gasteiger partial charge in [-0.25, -0.2) is 0 Å². The van der Waals surface area contributed by atoms with Crippen LogP contribution in [0.15, 0.2) is 0 Å². The average Bonchev–Trinajstić information content (AvgIpc) is 2.33. The van der Waals surface area contributed by atoms with Crippen molar-refractivity contribution in [3.8, 4) is 0 Å². The quantitative estimate of drug-likeness (QED) is 0.521. The molecule has 3 heteroatoms. The minimum Gasteiger partial charge on any atom is -0.394 e. The molecule has 2 N–H and O–H groups in total. The zero-order valence-corrected chi connectivity index (χ0v) is 6.13. The van der Waals surface area contributed by atoms with Crippen molar-refractivity contribution in [3.63, 3.8) is 0 Å². The largest absolute Gasteiger partial charge is 0.394 e. The van der Waals surface area contributed by atoms with E-state index in [4.69, 9.17) is 5.11 Å². The molecule has 1 fully saturated rings. The lowest BCUT2D eigenvalue weighted by molar-refractivity contribution is -0.109. The fourth-order valence-corrected chi connectivity index (χ4v) is 1.29. The van der Waals surface area contributed by atoms with Crippen molar-refractivity contribution in [3.05, 3.63) is 0 Å². The summed E-state index contributed by atoms with van der Waals surface area (Å²) in [6, 6.07) is -0.0443. The zero-order valence-electron chi connectivity index (χ0n) is 6.13. The summed E-state index contributed by atoms with van der Waals surface area (Å²) in [4.78, 5) is 10.3. The van der Waals surface area contributed by atoms with Gasteiger partial charge in [-0.1, -0.05) is 0 Å². The van der Waals surface area contributed by atoms with Gasteiger partial charge in [0.2, 0.25) is 0 Å². The lowest BCUT2D eigenvalue weighted by atomic mass is 10.0. The average molecular weight is 143 g/mol. The Morgan fingerprint density at radius 2 is 2.60 bits per heavy atom. The van der Waals surface area contributed by atoms with Crippen molar-refractivity contribution in [2.45, 2.75) is 31.3 Å². The van der Waals surface area contributed by atoms with Crippen molar-refractivity contribution < 1.29 is 9.90 Å². The molecule has 1 unspecified atom stereocenters. The fraction of sp³-hybridized carbons (Fsp3) is 0.857. The van der Waals surface area contributed by atoms with Crippen LogP contribution in [0.3, 0.4) is 0 Å². The van der Waals surface area contributed by atoms with Crippen molar-refractivity contribution in [2.75, 3.05) is 6.61 Å². The number of aliphatic hydroxyl groups is 1. The highest BCUT2D eigenvalue weighted by Gasteiger charge is 2.32. The monoisotopic (exact) mass is 143 g/mol. The minimum absolute atomic E-state index is 0.0443. The second-order valence-corrected chi connectivity index (χ2v) is 3.14. The van der Waals surface area contributed by atoms with E-state index in [-0.39, 0.29) is 18.2 Å². The molecule has 0 saturated carbocycles. The summed E-state index contributed by atoms with van der Waals surface area (Å²) in [6.07, 6.45) is 2.63. The molecule has 1 aliphatic heterocycles. The van der Waals surface area contributed by atoms with Crippen LogP contribution < -0.4 is 5.32 Å². The molecule has 0 spiro atoms. The summed E-state index contributed by atoms with van der Waals surface area (Å²) in [6.45, 7) is 2.04. The molecule has 1 heterocycles. The van der Waals surface area contributed by atoms with Crippen LogP contribution in [0, 0.1) is 0 Å². The third-order valence-corrected chi connectivity index (χ3v) is 2.05. The number of hydrogen-bond acceptors (Lipinski definition) is 3. The number of carbonyl (C=O) groups is 1. The van der Waals surface area contributed by atoms with Crippen LogP contribution in [0.4, 0.5) is 0 Å². The van der Waals surface area contributed by atoms with Crippen LogP contribution >= 0.6 is 0 Å². The number of nitrogens with one attached hydrogen (secondary N) is 1. The third kappa shape index (κ3) is 1.36. The summed E-state index contributed by atoms with van der Waals surface area (Å²) in [5.74, 6) is 0. The predicted octanol–water partition coefficient (Wildman–Crippen LogP) is -0.312. The van der Waals surface area contributed by atoms with E-state index in [1.165, 1.54) is 0 Å². The summed E-state index contributed by atoms with van der Waals surface area (Å²) >= 11 is 0. The standard InChI is InChI=1S/C7H13NO2/c1-7(5-10)3-2-6(4-9)8-7/h4,6,8,10H,2-3,5H2,1H3/t6?,7-/m1/s1. The molecule has 1 rings (SSSR count). The van der Waals surface area contributed by atoms with E-state index in [2.05, 4.69) is 5.32 Å². The topological polar surface area (TPSA) is 49.3 Å². The van der Waals surface area contributed by atoms with Crippen LogP contribution in [-0.4, -0.2) is 29.6 Å². The third-order valence-electron chi connectivity index (χ3n) is 2.05. The highest BCUT2D eigenvalue weighted by Crippen LogP contribution is 2.20. The van der Waals surface area contributed by atoms with E-state index >= 15 is 0 Å². The zero-order chi connectivity index (χ0) is 7.61. The van der Waals surface area contributed by atoms with Gasteiger partial charge in [-0.15, -0.1) is 0 Å². The Morgan fingerprint density at radius 3 is 2.90 bits per heavy atom. The molecule has 2 atom stereocenters. The Balaban J connectivity index is 2.48. The molecule has 58 valence electrons. The Hall–Kier alpha value is -0.410. The molecule has 0 aromatic carbocycles. The van der Waals surface area contributed by atoms with E-state index in [0.29, 0.717) is 0 Å². The molecule has 3 nitrogen and oxygen atoms in total. The van der Waals surface area contributed by atoms with Crippen LogP contribution in [0.1, 0.15) is 19.8 Å². The van der Waals surface area contributed by atoms with Crippen molar-refractivity contribution in [1.82, 2.24) is 5.32 Å². The molecule has 0 aromatic rings. The molecule has 0 bridgehead atoms. The van der Waals surface area contributed by atoms with Crippen molar-refractivity contribution in [2.24, 2.45) is 0 Å². The van der Waals surface area contributed by atoms with Gasteiger partial charge < -0.3 is 15.2 Å². The van der Waals surface area contributed by atoms with Gasteiger partial charge in [-0.05, 0) is 19.8 Å². The number of hydrogen-bond donors (Lipinski definition) is 2. The Kier molecular flexibility index (Phi) is 2.06. The SMILES string of the molecule is C[C@]1(CO)CCC(C=O)N1. The molecular weight excluding hydrogens is 130 g/mol. The van der Waals surface area contributed by atoms with Gasteiger partial charge in [0.15, 0.2) is 0 Å². The number of aliphatic hydroxyl groups excluding tert-OH is 1. The first-order valence-electron chi connectivity index (χ1n) is 3.54. The normalized spacial score (nSPS) is 40.0. The summed E-state index contributed by atoms with van der Waals surface area (Å²) in [7, 11) is 0. The molecule has 0 amide bonds. The highest BCUT2D eigenvalue weighted by molar-refractivity contribution is 5.58. The number of carbonyl (C=O) groups excluding carboxylic acids is 1. The molecule has 0 aromatic heterocycles. The van der Waals surface area contributed by atoms with Gasteiger partial charge in [-0.3, -0.25) is 0 Å². The molecule has 1 saturated heterocycles. The highest BCUT2D eigenvalue weighted by atomic mass is 16.3. The van der Waals surface area contributed by atoms with E-state index in [0.717, 1.165) is 19.1 Å². The summed E-state index contributed by atoms with van der Waals surface area (Å²) < 4.78 is 0. The van der Waals surface area contributed by atoms with Crippen LogP contribution in [-0.2, 0) is 4.79 Å². The van der Waals surface area contributed by atoms with Crippen LogP contribution in [0.5, 0.6) is 0 Å². The van der Waals surface area contributed by atoms with E-state index in [1.54, 1.807) is 0 Å². The lowest BCUT2D eigenvalue weighted by Crippen LogP contribution is -2.43. The molecule has 10 heavy (non-hydrogen) atoms. The Labute approximate surface area is 60.4 Å². The smallest absolute Gasteiger partial charge is 0.136 e. The number of rotatable bonds is 2. The maximum absolute atomic E-state index is 10.3. The first-order chi connectivity index (χ1) is 4.70. The van der Waals surface area contributed by atoms with Gasteiger partial charge >= 0.3 is 0 Å². The fourth-order valence-electron chi connectivity index (χ4n) is 1.29. The van der Waals surface area contributed by atoms with Gasteiger partial charge in [0.25, 0.3) is 0 Å². The second kappa shape index (κ2) is 2.68.